The van der Waals surface area contributed by atoms with Crippen LogP contribution < -0.4 is 35.5 Å². The molecule has 0 aliphatic carbocycles. The van der Waals surface area contributed by atoms with Gasteiger partial charge in [0.2, 0.25) is 0 Å². The molecule has 3 aliphatic rings. The van der Waals surface area contributed by atoms with Crippen LogP contribution in [-0.4, -0.2) is 34.9 Å². The molecule has 5 nitrogen and oxygen atoms in total. The number of nitrogens with one attached hydrogen (secondary N) is 3. The van der Waals surface area contributed by atoms with E-state index >= 15 is 0 Å². The molecule has 25 heavy (non-hydrogen) atoms. The molecule has 1 aromatic carbocycles. The molecule has 0 saturated carbocycles. The van der Waals surface area contributed by atoms with Crippen molar-refractivity contribution in [3.8, 4) is 0 Å². The summed E-state index contributed by atoms with van der Waals surface area (Å²) >= 11 is -4.70. The molecule has 2 amide bonds. The summed E-state index contributed by atoms with van der Waals surface area (Å²) in [7, 11) is 0. The minimum absolute atomic E-state index is 0.256. The number of benzene rings is 1. The van der Waals surface area contributed by atoms with Gasteiger partial charge in [0.05, 0.1) is 0 Å². The SMILES string of the molecule is Cc1cc([C@]23CCNC[C@H]2[I-]3(F)F)ccc1N[C@H]1CCC(=O)NC1=O. The van der Waals surface area contributed by atoms with E-state index in [1.807, 2.05) is 13.0 Å². The molecular weight excluding hydrogens is 443 g/mol. The van der Waals surface area contributed by atoms with Crippen LogP contribution in [0.1, 0.15) is 30.4 Å². The van der Waals surface area contributed by atoms with E-state index in [0.717, 1.165) is 16.8 Å². The van der Waals surface area contributed by atoms with E-state index in [1.54, 1.807) is 12.1 Å². The van der Waals surface area contributed by atoms with E-state index in [0.29, 0.717) is 32.4 Å². The summed E-state index contributed by atoms with van der Waals surface area (Å²) in [5.41, 5.74) is 2.38. The summed E-state index contributed by atoms with van der Waals surface area (Å²) in [6.45, 7) is 2.95. The molecular formula is C17H21F2IN3O2-. The number of hydrogen-bond donors (Lipinski definition) is 3. The molecule has 0 spiro atoms. The molecule has 1 aromatic rings. The monoisotopic (exact) mass is 464 g/mol. The average Bonchev–Trinajstić information content (AvgIpc) is 3.09. The van der Waals surface area contributed by atoms with Crippen LogP contribution in [0.5, 0.6) is 0 Å². The number of carbonyl (C=O) groups is 2. The molecule has 0 aromatic heterocycles. The van der Waals surface area contributed by atoms with E-state index in [4.69, 9.17) is 0 Å². The van der Waals surface area contributed by atoms with Gasteiger partial charge in [-0.25, -0.2) is 0 Å². The first-order valence-electron chi connectivity index (χ1n) is 8.44. The summed E-state index contributed by atoms with van der Waals surface area (Å²) in [6, 6.07) is 4.99. The van der Waals surface area contributed by atoms with Crippen LogP contribution in [0.3, 0.4) is 0 Å². The van der Waals surface area contributed by atoms with Crippen LogP contribution in [0.15, 0.2) is 18.2 Å². The molecule has 0 bridgehead atoms. The second kappa shape index (κ2) is 5.87. The fourth-order valence-electron chi connectivity index (χ4n) is 4.01. The first kappa shape index (κ1) is 17.1. The zero-order valence-electron chi connectivity index (χ0n) is 13.9. The maximum atomic E-state index is 14.6. The zero-order valence-corrected chi connectivity index (χ0v) is 16.0. The van der Waals surface area contributed by atoms with Crippen LogP contribution >= 0.6 is 0 Å². The van der Waals surface area contributed by atoms with Gasteiger partial charge in [0.15, 0.2) is 0 Å². The summed E-state index contributed by atoms with van der Waals surface area (Å²) in [6.07, 6.45) is 1.26. The Morgan fingerprint density at radius 3 is 2.80 bits per heavy atom. The molecule has 4 rings (SSSR count). The Bertz CT molecular complexity index is 757. The summed E-state index contributed by atoms with van der Waals surface area (Å²) < 4.78 is 27.8. The standard InChI is InChI=1S/C17H21F2IN3O2/c1-10-8-11(17-6-7-21-9-14(17)20(17,18)19)2-3-12(10)22-13-4-5-15(24)23-16(13)25/h2-3,8,13-14,21-22H,4-7,9H2,1H3,(H,23,24,25)/q-1/t13-,14+,17+/m0/s1. The van der Waals surface area contributed by atoms with E-state index in [9.17, 15) is 15.3 Å². The van der Waals surface area contributed by atoms with E-state index in [-0.39, 0.29) is 11.8 Å². The van der Waals surface area contributed by atoms with Crippen molar-refractivity contribution < 1.29 is 34.9 Å². The van der Waals surface area contributed by atoms with Crippen LogP contribution in [0.2, 0.25) is 0 Å². The van der Waals surface area contributed by atoms with Crippen LogP contribution in [-0.2, 0) is 13.0 Å². The number of alkyl halides is 2. The van der Waals surface area contributed by atoms with Gasteiger partial charge in [-0.3, -0.25) is 0 Å². The summed E-state index contributed by atoms with van der Waals surface area (Å²) in [4.78, 5) is 23.1. The summed E-state index contributed by atoms with van der Waals surface area (Å²) in [5, 5.41) is 8.56. The number of aryl methyl sites for hydroxylation is 1. The molecule has 0 unspecified atom stereocenters. The van der Waals surface area contributed by atoms with Gasteiger partial charge in [-0.15, -0.1) is 0 Å². The van der Waals surface area contributed by atoms with E-state index in [2.05, 4.69) is 16.0 Å². The molecule has 3 fully saturated rings. The second-order valence-corrected chi connectivity index (χ2v) is 13.0. The number of fused-ring (bicyclic) bond motifs is 1. The Kier molecular flexibility index (Phi) is 4.02. The predicted octanol–water partition coefficient (Wildman–Crippen LogP) is -1.29. The number of imide groups is 1. The fraction of sp³-hybridized carbons (Fsp3) is 0.529. The number of rotatable bonds is 3. The Morgan fingerprint density at radius 2 is 2.12 bits per heavy atom. The third kappa shape index (κ3) is 2.56. The number of piperidine rings is 2. The first-order chi connectivity index (χ1) is 11.9. The third-order valence-electron chi connectivity index (χ3n) is 5.49. The molecule has 0 radical (unpaired) electrons. The van der Waals surface area contributed by atoms with Crippen molar-refractivity contribution >= 4 is 17.5 Å². The Hall–Kier alpha value is -1.29. The minimum atomic E-state index is -4.70. The first-order valence-corrected chi connectivity index (χ1v) is 12.4. The van der Waals surface area contributed by atoms with Crippen molar-refractivity contribution in [1.82, 2.24) is 10.6 Å². The quantitative estimate of drug-likeness (QED) is 0.296. The number of anilines is 1. The van der Waals surface area contributed by atoms with Gasteiger partial charge < -0.3 is 0 Å². The number of halogens is 3. The average molecular weight is 464 g/mol. The van der Waals surface area contributed by atoms with Gasteiger partial charge in [-0.2, -0.15) is 0 Å². The van der Waals surface area contributed by atoms with Gasteiger partial charge >= 0.3 is 150 Å². The van der Waals surface area contributed by atoms with Crippen molar-refractivity contribution in [3.05, 3.63) is 29.3 Å². The second-order valence-electron chi connectivity index (χ2n) is 6.93. The van der Waals surface area contributed by atoms with Gasteiger partial charge in [0, 0.05) is 0 Å². The maximum absolute atomic E-state index is 14.6. The summed E-state index contributed by atoms with van der Waals surface area (Å²) in [5.74, 6) is -0.589. The third-order valence-corrected chi connectivity index (χ3v) is 12.7. The number of carbonyl (C=O) groups excluding carboxylic acids is 2. The predicted molar refractivity (Wildman–Crippen MR) is 86.1 cm³/mol. The molecule has 3 saturated heterocycles. The Labute approximate surface area is 150 Å². The molecule has 3 aliphatic heterocycles. The number of amides is 2. The van der Waals surface area contributed by atoms with E-state index in [1.165, 1.54) is 0 Å². The molecule has 3 N–H and O–H groups in total. The van der Waals surface area contributed by atoms with Gasteiger partial charge in [0.25, 0.3) is 0 Å². The van der Waals surface area contributed by atoms with Crippen molar-refractivity contribution in [1.29, 1.82) is 0 Å². The van der Waals surface area contributed by atoms with Crippen LogP contribution in [0.4, 0.5) is 11.4 Å². The normalized spacial score (nSPS) is 34.7. The van der Waals surface area contributed by atoms with Gasteiger partial charge in [0.1, 0.15) is 0 Å². The Morgan fingerprint density at radius 1 is 1.32 bits per heavy atom. The van der Waals surface area contributed by atoms with Crippen molar-refractivity contribution in [2.75, 3.05) is 18.4 Å². The molecule has 8 heteroatoms. The van der Waals surface area contributed by atoms with Gasteiger partial charge in [-0.1, -0.05) is 0 Å². The van der Waals surface area contributed by atoms with Crippen molar-refractivity contribution in [3.63, 3.8) is 0 Å². The fourth-order valence-corrected chi connectivity index (χ4v) is 11.4. The Balaban J connectivity index is 1.56. The van der Waals surface area contributed by atoms with Crippen LogP contribution in [0, 0.1) is 6.92 Å². The number of hydrogen-bond acceptors (Lipinski definition) is 4. The van der Waals surface area contributed by atoms with Crippen molar-refractivity contribution in [2.24, 2.45) is 0 Å². The molecule has 3 atom stereocenters. The van der Waals surface area contributed by atoms with Gasteiger partial charge in [-0.05, 0) is 0 Å². The van der Waals surface area contributed by atoms with Crippen molar-refractivity contribution in [2.45, 2.75) is 39.6 Å². The zero-order chi connectivity index (χ0) is 17.8. The molecule has 3 heterocycles. The topological polar surface area (TPSA) is 70.2 Å². The van der Waals surface area contributed by atoms with E-state index < -0.39 is 33.0 Å². The molecule has 138 valence electrons. The van der Waals surface area contributed by atoms with Crippen LogP contribution in [0.25, 0.3) is 0 Å².